The first kappa shape index (κ1) is 16.5. The third kappa shape index (κ3) is 3.01. The largest absolute Gasteiger partial charge is 0.254 e. The van der Waals surface area contributed by atoms with E-state index in [1.54, 1.807) is 18.2 Å². The third-order valence-corrected chi connectivity index (χ3v) is 6.68. The molecule has 0 unspecified atom stereocenters. The molecule has 1 fully saturated rings. The number of halogens is 1. The molecule has 0 amide bonds. The van der Waals surface area contributed by atoms with Crippen molar-refractivity contribution in [2.45, 2.75) is 37.0 Å². The van der Waals surface area contributed by atoms with E-state index in [1.165, 1.54) is 48.9 Å². The summed E-state index contributed by atoms with van der Waals surface area (Å²) in [6.07, 6.45) is 8.11. The van der Waals surface area contributed by atoms with Crippen LogP contribution in [0.2, 0.25) is 0 Å². The lowest BCUT2D eigenvalue weighted by Gasteiger charge is -2.39. The Balaban J connectivity index is 1.77. The Labute approximate surface area is 147 Å². The molecular formula is C20H20FNO2S. The molecule has 25 heavy (non-hydrogen) atoms. The van der Waals surface area contributed by atoms with Gasteiger partial charge in [0.05, 0.1) is 16.8 Å². The van der Waals surface area contributed by atoms with Gasteiger partial charge in [-0.25, -0.2) is 12.8 Å². The molecule has 1 saturated carbocycles. The maximum Gasteiger partial charge on any atom is 0.175 e. The van der Waals surface area contributed by atoms with E-state index in [0.717, 1.165) is 24.1 Å². The summed E-state index contributed by atoms with van der Waals surface area (Å²) in [5, 5.41) is 0. The molecule has 4 rings (SSSR count). The number of rotatable bonds is 3. The van der Waals surface area contributed by atoms with Gasteiger partial charge in [-0.2, -0.15) is 0 Å². The molecule has 0 bridgehead atoms. The highest BCUT2D eigenvalue weighted by atomic mass is 32.2. The molecule has 1 heterocycles. The van der Waals surface area contributed by atoms with Crippen molar-refractivity contribution in [3.63, 3.8) is 0 Å². The number of hydrogen-bond donors (Lipinski definition) is 0. The van der Waals surface area contributed by atoms with E-state index in [9.17, 15) is 12.8 Å². The summed E-state index contributed by atoms with van der Waals surface area (Å²) < 4.78 is 36.6. The van der Waals surface area contributed by atoms with Crippen LogP contribution in [0.1, 0.15) is 43.4 Å². The monoisotopic (exact) mass is 357 g/mol. The Morgan fingerprint density at radius 3 is 2.20 bits per heavy atom. The predicted octanol–water partition coefficient (Wildman–Crippen LogP) is 4.50. The van der Waals surface area contributed by atoms with Crippen molar-refractivity contribution in [1.29, 1.82) is 0 Å². The van der Waals surface area contributed by atoms with E-state index in [4.69, 9.17) is 0 Å². The average molecular weight is 357 g/mol. The van der Waals surface area contributed by atoms with Crippen LogP contribution in [-0.4, -0.2) is 19.7 Å². The van der Waals surface area contributed by atoms with E-state index in [1.807, 2.05) is 12.1 Å². The Morgan fingerprint density at radius 2 is 1.68 bits per heavy atom. The maximum absolute atomic E-state index is 13.2. The standard InChI is InChI=1S/C20H20FNO2S/c1-25(23,24)16-6-3-14(4-7-16)17-11-20(9-2-10-20)12-18(17)19-8-5-15(21)13-22-19/h3-8,13H,2,9-12H2,1H3. The minimum absolute atomic E-state index is 0.316. The van der Waals surface area contributed by atoms with Crippen molar-refractivity contribution in [1.82, 2.24) is 4.98 Å². The van der Waals surface area contributed by atoms with Crippen LogP contribution in [0.25, 0.3) is 11.1 Å². The summed E-state index contributed by atoms with van der Waals surface area (Å²) in [6.45, 7) is 0. The fourth-order valence-corrected chi connectivity index (χ4v) is 4.67. The second kappa shape index (κ2) is 5.77. The van der Waals surface area contributed by atoms with Gasteiger partial charge in [0, 0.05) is 6.26 Å². The molecule has 130 valence electrons. The van der Waals surface area contributed by atoms with Gasteiger partial charge < -0.3 is 0 Å². The lowest BCUT2D eigenvalue weighted by atomic mass is 9.66. The number of hydrogen-bond acceptors (Lipinski definition) is 3. The zero-order valence-electron chi connectivity index (χ0n) is 14.1. The summed E-state index contributed by atoms with van der Waals surface area (Å²) >= 11 is 0. The number of aromatic nitrogens is 1. The summed E-state index contributed by atoms with van der Waals surface area (Å²) in [5.41, 5.74) is 4.58. The first-order valence-electron chi connectivity index (χ1n) is 8.51. The predicted molar refractivity (Wildman–Crippen MR) is 96.1 cm³/mol. The summed E-state index contributed by atoms with van der Waals surface area (Å²) in [5.74, 6) is -0.334. The lowest BCUT2D eigenvalue weighted by molar-refractivity contribution is 0.157. The molecule has 2 aliphatic rings. The van der Waals surface area contributed by atoms with Crippen molar-refractivity contribution in [2.75, 3.05) is 6.26 Å². The van der Waals surface area contributed by atoms with Crippen molar-refractivity contribution in [2.24, 2.45) is 5.41 Å². The van der Waals surface area contributed by atoms with Crippen LogP contribution < -0.4 is 0 Å². The van der Waals surface area contributed by atoms with E-state index < -0.39 is 9.84 Å². The first-order valence-corrected chi connectivity index (χ1v) is 10.4. The van der Waals surface area contributed by atoms with E-state index in [-0.39, 0.29) is 5.82 Å². The second-order valence-electron chi connectivity index (χ2n) is 7.32. The molecule has 0 atom stereocenters. The van der Waals surface area contributed by atoms with Crippen LogP contribution in [0.5, 0.6) is 0 Å². The lowest BCUT2D eigenvalue weighted by Crippen LogP contribution is -2.26. The molecule has 0 aliphatic heterocycles. The Hall–Kier alpha value is -2.01. The molecule has 3 nitrogen and oxygen atoms in total. The van der Waals surface area contributed by atoms with Crippen LogP contribution >= 0.6 is 0 Å². The fraction of sp³-hybridized carbons (Fsp3) is 0.350. The normalized spacial score (nSPS) is 19.3. The molecule has 0 N–H and O–H groups in total. The number of sulfone groups is 1. The molecule has 5 heteroatoms. The molecule has 2 aliphatic carbocycles. The smallest absolute Gasteiger partial charge is 0.175 e. The van der Waals surface area contributed by atoms with Gasteiger partial charge in [0.15, 0.2) is 9.84 Å². The minimum atomic E-state index is -3.20. The van der Waals surface area contributed by atoms with Gasteiger partial charge >= 0.3 is 0 Å². The number of allylic oxidation sites excluding steroid dienone is 2. The number of benzene rings is 1. The van der Waals surface area contributed by atoms with Gasteiger partial charge in [-0.05, 0) is 72.1 Å². The Kier molecular flexibility index (Phi) is 3.80. The SMILES string of the molecule is CS(=O)(=O)c1ccc(C2=C(c3ccc(F)cn3)CC3(CCC3)C2)cc1. The highest BCUT2D eigenvalue weighted by Gasteiger charge is 2.44. The quantitative estimate of drug-likeness (QED) is 0.812. The number of pyridine rings is 1. The van der Waals surface area contributed by atoms with Gasteiger partial charge in [-0.15, -0.1) is 0 Å². The maximum atomic E-state index is 13.2. The Morgan fingerprint density at radius 1 is 1.00 bits per heavy atom. The molecule has 1 spiro atoms. The second-order valence-corrected chi connectivity index (χ2v) is 9.34. The highest BCUT2D eigenvalue weighted by molar-refractivity contribution is 7.90. The number of nitrogens with zero attached hydrogens (tertiary/aromatic N) is 1. The summed E-state index contributed by atoms with van der Waals surface area (Å²) in [4.78, 5) is 4.62. The third-order valence-electron chi connectivity index (χ3n) is 5.55. The summed E-state index contributed by atoms with van der Waals surface area (Å²) in [7, 11) is -3.20. The highest BCUT2D eigenvalue weighted by Crippen LogP contribution is 2.59. The van der Waals surface area contributed by atoms with Crippen LogP contribution in [0, 0.1) is 11.2 Å². The van der Waals surface area contributed by atoms with Crippen molar-refractivity contribution >= 4 is 21.0 Å². The van der Waals surface area contributed by atoms with Crippen LogP contribution in [0.15, 0.2) is 47.5 Å². The molecule has 2 aromatic rings. The minimum Gasteiger partial charge on any atom is -0.254 e. The van der Waals surface area contributed by atoms with Crippen molar-refractivity contribution in [3.8, 4) is 0 Å². The summed E-state index contributed by atoms with van der Waals surface area (Å²) in [6, 6.07) is 10.3. The molecule has 1 aromatic heterocycles. The van der Waals surface area contributed by atoms with Gasteiger partial charge in [0.2, 0.25) is 0 Å². The van der Waals surface area contributed by atoms with Gasteiger partial charge in [-0.1, -0.05) is 18.6 Å². The molecular weight excluding hydrogens is 337 g/mol. The molecule has 0 saturated heterocycles. The molecule has 1 aromatic carbocycles. The Bertz CT molecular complexity index is 940. The van der Waals surface area contributed by atoms with Gasteiger partial charge in [0.1, 0.15) is 5.82 Å². The van der Waals surface area contributed by atoms with E-state index >= 15 is 0 Å². The van der Waals surface area contributed by atoms with Gasteiger partial charge in [-0.3, -0.25) is 4.98 Å². The first-order chi connectivity index (χ1) is 11.9. The topological polar surface area (TPSA) is 47.0 Å². The van der Waals surface area contributed by atoms with Crippen molar-refractivity contribution < 1.29 is 12.8 Å². The zero-order chi connectivity index (χ0) is 17.7. The van der Waals surface area contributed by atoms with Crippen molar-refractivity contribution in [3.05, 3.63) is 59.7 Å². The average Bonchev–Trinajstić information content (AvgIpc) is 2.96. The zero-order valence-corrected chi connectivity index (χ0v) is 14.9. The van der Waals surface area contributed by atoms with E-state index in [0.29, 0.717) is 10.3 Å². The van der Waals surface area contributed by atoms with Crippen LogP contribution in [0.3, 0.4) is 0 Å². The molecule has 0 radical (unpaired) electrons. The van der Waals surface area contributed by atoms with Crippen LogP contribution in [-0.2, 0) is 9.84 Å². The van der Waals surface area contributed by atoms with Crippen LogP contribution in [0.4, 0.5) is 4.39 Å². The van der Waals surface area contributed by atoms with Gasteiger partial charge in [0.25, 0.3) is 0 Å². The van der Waals surface area contributed by atoms with E-state index in [2.05, 4.69) is 4.98 Å². The fourth-order valence-electron chi connectivity index (χ4n) is 4.04.